The third-order valence-corrected chi connectivity index (χ3v) is 3.96. The minimum Gasteiger partial charge on any atom is -0.313 e. The average Bonchev–Trinajstić information content (AvgIpc) is 2.26. The largest absolute Gasteiger partial charge is 0.313 e. The summed E-state index contributed by atoms with van der Waals surface area (Å²) in [5, 5.41) is 3.68. The first-order valence-corrected chi connectivity index (χ1v) is 6.61. The number of rotatable bonds is 5. The van der Waals surface area contributed by atoms with E-state index in [1.807, 2.05) is 0 Å². The minimum atomic E-state index is 0.631. The van der Waals surface area contributed by atoms with E-state index >= 15 is 0 Å². The Bertz CT molecular complexity index is 302. The SMILES string of the molecule is CCNC(C1CCC1)C(C)c1ccccc1. The van der Waals surface area contributed by atoms with E-state index in [-0.39, 0.29) is 0 Å². The molecule has 1 N–H and O–H groups in total. The maximum Gasteiger partial charge on any atom is 0.0161 e. The molecule has 0 bridgehead atoms. The summed E-state index contributed by atoms with van der Waals surface area (Å²) in [7, 11) is 0. The molecule has 0 spiro atoms. The normalized spacial score (nSPS) is 20.1. The van der Waals surface area contributed by atoms with Crippen molar-refractivity contribution in [3.8, 4) is 0 Å². The first-order valence-electron chi connectivity index (χ1n) is 6.61. The monoisotopic (exact) mass is 217 g/mol. The van der Waals surface area contributed by atoms with Crippen LogP contribution in [-0.2, 0) is 0 Å². The van der Waals surface area contributed by atoms with Crippen molar-refractivity contribution in [3.05, 3.63) is 35.9 Å². The molecule has 1 aromatic rings. The van der Waals surface area contributed by atoms with Gasteiger partial charge >= 0.3 is 0 Å². The zero-order chi connectivity index (χ0) is 11.4. The molecule has 0 aliphatic heterocycles. The van der Waals surface area contributed by atoms with E-state index in [0.717, 1.165) is 12.5 Å². The van der Waals surface area contributed by atoms with Crippen molar-refractivity contribution in [1.82, 2.24) is 5.32 Å². The van der Waals surface area contributed by atoms with Gasteiger partial charge in [0.1, 0.15) is 0 Å². The second kappa shape index (κ2) is 5.49. The van der Waals surface area contributed by atoms with Crippen LogP contribution in [0.15, 0.2) is 30.3 Å². The second-order valence-corrected chi connectivity index (χ2v) is 4.97. The topological polar surface area (TPSA) is 12.0 Å². The van der Waals surface area contributed by atoms with Crippen molar-refractivity contribution >= 4 is 0 Å². The Morgan fingerprint density at radius 2 is 1.94 bits per heavy atom. The Labute approximate surface area is 99.3 Å². The smallest absolute Gasteiger partial charge is 0.0161 e. The highest BCUT2D eigenvalue weighted by Gasteiger charge is 2.30. The summed E-state index contributed by atoms with van der Waals surface area (Å²) in [5.41, 5.74) is 1.47. The predicted molar refractivity (Wildman–Crippen MR) is 69.7 cm³/mol. The summed E-state index contributed by atoms with van der Waals surface area (Å²) < 4.78 is 0. The van der Waals surface area contributed by atoms with E-state index in [2.05, 4.69) is 49.5 Å². The molecule has 0 aromatic heterocycles. The summed E-state index contributed by atoms with van der Waals surface area (Å²) in [6.45, 7) is 5.66. The van der Waals surface area contributed by atoms with Crippen molar-refractivity contribution in [2.24, 2.45) is 5.92 Å². The van der Waals surface area contributed by atoms with Gasteiger partial charge in [-0.15, -0.1) is 0 Å². The lowest BCUT2D eigenvalue weighted by molar-refractivity contribution is 0.210. The zero-order valence-corrected chi connectivity index (χ0v) is 10.4. The highest BCUT2D eigenvalue weighted by molar-refractivity contribution is 5.21. The van der Waals surface area contributed by atoms with Crippen LogP contribution in [0, 0.1) is 5.92 Å². The third-order valence-electron chi connectivity index (χ3n) is 3.96. The van der Waals surface area contributed by atoms with Crippen molar-refractivity contribution in [2.45, 2.75) is 45.1 Å². The van der Waals surface area contributed by atoms with E-state index in [1.165, 1.54) is 24.8 Å². The van der Waals surface area contributed by atoms with Crippen LogP contribution in [0.5, 0.6) is 0 Å². The van der Waals surface area contributed by atoms with Gasteiger partial charge in [0.2, 0.25) is 0 Å². The van der Waals surface area contributed by atoms with Crippen LogP contribution in [0.2, 0.25) is 0 Å². The standard InChI is InChI=1S/C15H23N/c1-3-16-15(14-10-7-11-14)12(2)13-8-5-4-6-9-13/h4-6,8-9,12,14-16H,3,7,10-11H2,1-2H3. The summed E-state index contributed by atoms with van der Waals surface area (Å²) >= 11 is 0. The maximum atomic E-state index is 3.68. The maximum absolute atomic E-state index is 3.68. The molecule has 88 valence electrons. The van der Waals surface area contributed by atoms with Crippen molar-refractivity contribution < 1.29 is 0 Å². The zero-order valence-electron chi connectivity index (χ0n) is 10.4. The Morgan fingerprint density at radius 3 is 2.44 bits per heavy atom. The van der Waals surface area contributed by atoms with Gasteiger partial charge in [-0.1, -0.05) is 50.6 Å². The Hall–Kier alpha value is -0.820. The molecule has 0 heterocycles. The first-order chi connectivity index (χ1) is 7.83. The van der Waals surface area contributed by atoms with Crippen LogP contribution in [0.1, 0.15) is 44.6 Å². The van der Waals surface area contributed by atoms with Crippen LogP contribution in [0.3, 0.4) is 0 Å². The molecule has 2 atom stereocenters. The average molecular weight is 217 g/mol. The number of nitrogens with one attached hydrogen (secondary N) is 1. The molecule has 1 aliphatic carbocycles. The van der Waals surface area contributed by atoms with Gasteiger partial charge in [0.25, 0.3) is 0 Å². The van der Waals surface area contributed by atoms with Gasteiger partial charge in [0.15, 0.2) is 0 Å². The number of hydrogen-bond acceptors (Lipinski definition) is 1. The molecule has 2 rings (SSSR count). The Kier molecular flexibility index (Phi) is 4.00. The van der Waals surface area contributed by atoms with Gasteiger partial charge < -0.3 is 5.32 Å². The Morgan fingerprint density at radius 1 is 1.25 bits per heavy atom. The molecule has 1 saturated carbocycles. The van der Waals surface area contributed by atoms with Gasteiger partial charge in [0, 0.05) is 6.04 Å². The molecule has 1 fully saturated rings. The van der Waals surface area contributed by atoms with Crippen molar-refractivity contribution in [1.29, 1.82) is 0 Å². The highest BCUT2D eigenvalue weighted by atomic mass is 14.9. The van der Waals surface area contributed by atoms with Gasteiger partial charge in [-0.25, -0.2) is 0 Å². The van der Waals surface area contributed by atoms with E-state index in [9.17, 15) is 0 Å². The summed E-state index contributed by atoms with van der Waals surface area (Å²) in [5.74, 6) is 1.53. The lowest BCUT2D eigenvalue weighted by atomic mass is 9.73. The van der Waals surface area contributed by atoms with E-state index in [4.69, 9.17) is 0 Å². The number of likely N-dealkylation sites (N-methyl/N-ethyl adjacent to an activating group) is 1. The fourth-order valence-electron chi connectivity index (χ4n) is 2.75. The van der Waals surface area contributed by atoms with Crippen LogP contribution >= 0.6 is 0 Å². The molecule has 0 amide bonds. The molecule has 1 aromatic carbocycles. The molecule has 16 heavy (non-hydrogen) atoms. The van der Waals surface area contributed by atoms with E-state index in [1.54, 1.807) is 0 Å². The first kappa shape index (κ1) is 11.7. The fourth-order valence-corrected chi connectivity index (χ4v) is 2.75. The van der Waals surface area contributed by atoms with E-state index < -0.39 is 0 Å². The fraction of sp³-hybridized carbons (Fsp3) is 0.600. The van der Waals surface area contributed by atoms with Gasteiger partial charge in [-0.3, -0.25) is 0 Å². The molecule has 2 unspecified atom stereocenters. The molecule has 1 heteroatoms. The minimum absolute atomic E-state index is 0.631. The molecular formula is C15H23N. The Balaban J connectivity index is 2.07. The highest BCUT2D eigenvalue weighted by Crippen LogP contribution is 2.35. The van der Waals surface area contributed by atoms with Crippen LogP contribution < -0.4 is 5.32 Å². The summed E-state index contributed by atoms with van der Waals surface area (Å²) in [6, 6.07) is 11.6. The molecule has 0 saturated heterocycles. The number of benzene rings is 1. The number of hydrogen-bond donors (Lipinski definition) is 1. The van der Waals surface area contributed by atoms with Gasteiger partial charge in [-0.05, 0) is 36.8 Å². The second-order valence-electron chi connectivity index (χ2n) is 4.97. The van der Waals surface area contributed by atoms with Crippen LogP contribution in [0.25, 0.3) is 0 Å². The lowest BCUT2D eigenvalue weighted by Gasteiger charge is -2.38. The summed E-state index contributed by atoms with van der Waals surface area (Å²) in [4.78, 5) is 0. The lowest BCUT2D eigenvalue weighted by Crippen LogP contribution is -2.43. The predicted octanol–water partition coefficient (Wildman–Crippen LogP) is 3.57. The molecule has 1 aliphatic rings. The van der Waals surface area contributed by atoms with Crippen molar-refractivity contribution in [3.63, 3.8) is 0 Å². The van der Waals surface area contributed by atoms with Gasteiger partial charge in [-0.2, -0.15) is 0 Å². The van der Waals surface area contributed by atoms with E-state index in [0.29, 0.717) is 12.0 Å². The molecule has 1 nitrogen and oxygen atoms in total. The molecule has 0 radical (unpaired) electrons. The van der Waals surface area contributed by atoms with Crippen LogP contribution in [-0.4, -0.2) is 12.6 Å². The van der Waals surface area contributed by atoms with Gasteiger partial charge in [0.05, 0.1) is 0 Å². The summed E-state index contributed by atoms with van der Waals surface area (Å²) in [6.07, 6.45) is 4.25. The molecular weight excluding hydrogens is 194 g/mol. The third kappa shape index (κ3) is 2.46. The van der Waals surface area contributed by atoms with Crippen molar-refractivity contribution in [2.75, 3.05) is 6.54 Å². The van der Waals surface area contributed by atoms with Crippen LogP contribution in [0.4, 0.5) is 0 Å². The quantitative estimate of drug-likeness (QED) is 0.795.